The Morgan fingerprint density at radius 2 is 0.930 bits per heavy atom. The molecule has 9 N–H and O–H groups in total. The van der Waals surface area contributed by atoms with Crippen LogP contribution in [-0.2, 0) is 23.7 Å². The molecule has 0 spiro atoms. The molecule has 14 heteroatoms. The summed E-state index contributed by atoms with van der Waals surface area (Å²) in [6.45, 7) is 2.84. The van der Waals surface area contributed by atoms with Gasteiger partial charge in [0.15, 0.2) is 12.6 Å². The van der Waals surface area contributed by atoms with Gasteiger partial charge in [-0.05, 0) is 51.4 Å². The number of allylic oxidation sites excluding steroid dienone is 6. The minimum absolute atomic E-state index is 0.212. The second-order valence-electron chi connectivity index (χ2n) is 20.4. The molecular weight excluding hydrogens is 907 g/mol. The number of amides is 1. The van der Waals surface area contributed by atoms with Crippen molar-refractivity contribution in [2.45, 2.75) is 299 Å². The molecule has 2 saturated heterocycles. The zero-order valence-electron chi connectivity index (χ0n) is 44.5. The standard InChI is InChI=1S/C57H105NO13/c1-3-5-7-9-11-13-15-17-18-19-20-21-22-23-24-25-26-27-28-29-31-33-35-37-39-41-49(62)58-45(46(61)40-38-36-34-32-30-16-14-12-10-8-6-4-2)44-68-56-54(67)52(65)55(48(43-60)70-56)71-57-53(66)51(64)50(63)47(42-59)69-57/h15,17,19-20,22-23,45-48,50-57,59-61,63-67H,3-14,16,18,21,24-44H2,1-2H3,(H,58,62)/b17-15-,20-19-,23-22-. The van der Waals surface area contributed by atoms with Gasteiger partial charge >= 0.3 is 0 Å². The molecule has 2 heterocycles. The summed E-state index contributed by atoms with van der Waals surface area (Å²) in [7, 11) is 0. The molecule has 71 heavy (non-hydrogen) atoms. The van der Waals surface area contributed by atoms with E-state index in [2.05, 4.69) is 55.6 Å². The molecule has 0 bridgehead atoms. The van der Waals surface area contributed by atoms with Gasteiger partial charge in [-0.1, -0.05) is 204 Å². The minimum Gasteiger partial charge on any atom is -0.394 e. The number of carbonyl (C=O) groups excluding carboxylic acids is 1. The first-order valence-corrected chi connectivity index (χ1v) is 28.7. The first-order chi connectivity index (χ1) is 34.6. The molecule has 0 aliphatic carbocycles. The van der Waals surface area contributed by atoms with Crippen molar-refractivity contribution < 1.29 is 64.6 Å². The van der Waals surface area contributed by atoms with Crippen LogP contribution in [0, 0.1) is 0 Å². The summed E-state index contributed by atoms with van der Waals surface area (Å²) in [5.74, 6) is -0.212. The molecule has 2 aliphatic heterocycles. The van der Waals surface area contributed by atoms with Crippen molar-refractivity contribution in [2.75, 3.05) is 19.8 Å². The van der Waals surface area contributed by atoms with Crippen LogP contribution in [0.25, 0.3) is 0 Å². The molecule has 416 valence electrons. The first-order valence-electron chi connectivity index (χ1n) is 28.7. The van der Waals surface area contributed by atoms with Gasteiger partial charge < -0.3 is 65.1 Å². The average Bonchev–Trinajstić information content (AvgIpc) is 3.37. The number of unbranched alkanes of at least 4 members (excludes halogenated alkanes) is 26. The van der Waals surface area contributed by atoms with Crippen molar-refractivity contribution in [2.24, 2.45) is 0 Å². The fourth-order valence-corrected chi connectivity index (χ4v) is 9.42. The zero-order chi connectivity index (χ0) is 51.7. The SMILES string of the molecule is CCCCCCC/C=C\C/C=C\C/C=C\CCCCCCCCCCCCC(=O)NC(COC1OC(CO)C(OC2OC(CO)C(O)C(O)C2O)C(O)C1O)C(O)CCCCCCCCCCCCCC. The highest BCUT2D eigenvalue weighted by molar-refractivity contribution is 5.76. The van der Waals surface area contributed by atoms with E-state index in [1.807, 2.05) is 0 Å². The van der Waals surface area contributed by atoms with E-state index >= 15 is 0 Å². The number of nitrogens with one attached hydrogen (secondary N) is 1. The van der Waals surface area contributed by atoms with Gasteiger partial charge in [0.25, 0.3) is 0 Å². The Kier molecular flexibility index (Phi) is 40.0. The van der Waals surface area contributed by atoms with Crippen molar-refractivity contribution in [1.82, 2.24) is 5.32 Å². The lowest BCUT2D eigenvalue weighted by molar-refractivity contribution is -0.359. The molecule has 2 rings (SSSR count). The predicted molar refractivity (Wildman–Crippen MR) is 281 cm³/mol. The van der Waals surface area contributed by atoms with E-state index in [1.165, 1.54) is 128 Å². The Balaban J connectivity index is 1.73. The number of hydrogen-bond acceptors (Lipinski definition) is 13. The van der Waals surface area contributed by atoms with Crippen LogP contribution >= 0.6 is 0 Å². The Bertz CT molecular complexity index is 1330. The largest absolute Gasteiger partial charge is 0.394 e. The Morgan fingerprint density at radius 1 is 0.507 bits per heavy atom. The lowest BCUT2D eigenvalue weighted by Gasteiger charge is -2.46. The van der Waals surface area contributed by atoms with Gasteiger partial charge in [-0.15, -0.1) is 0 Å². The quantitative estimate of drug-likeness (QED) is 0.0205. The summed E-state index contributed by atoms with van der Waals surface area (Å²) < 4.78 is 22.8. The number of hydrogen-bond donors (Lipinski definition) is 9. The van der Waals surface area contributed by atoms with E-state index < -0.39 is 86.8 Å². The molecule has 0 aromatic rings. The van der Waals surface area contributed by atoms with E-state index in [-0.39, 0.29) is 12.5 Å². The third-order valence-electron chi connectivity index (χ3n) is 14.1. The summed E-state index contributed by atoms with van der Waals surface area (Å²) in [6, 6.07) is -0.830. The van der Waals surface area contributed by atoms with Gasteiger partial charge in [0, 0.05) is 6.42 Å². The molecule has 12 atom stereocenters. The van der Waals surface area contributed by atoms with Gasteiger partial charge in [-0.2, -0.15) is 0 Å². The van der Waals surface area contributed by atoms with E-state index in [1.54, 1.807) is 0 Å². The van der Waals surface area contributed by atoms with Crippen LogP contribution < -0.4 is 5.32 Å². The number of carbonyl (C=O) groups is 1. The highest BCUT2D eigenvalue weighted by atomic mass is 16.7. The molecule has 0 saturated carbocycles. The van der Waals surface area contributed by atoms with Crippen LogP contribution in [0.3, 0.4) is 0 Å². The summed E-state index contributed by atoms with van der Waals surface area (Å²) >= 11 is 0. The monoisotopic (exact) mass is 1010 g/mol. The highest BCUT2D eigenvalue weighted by Gasteiger charge is 2.51. The molecule has 2 fully saturated rings. The van der Waals surface area contributed by atoms with E-state index in [4.69, 9.17) is 18.9 Å². The van der Waals surface area contributed by atoms with Gasteiger partial charge in [0.05, 0.1) is 32.0 Å². The Hall–Kier alpha value is -1.79. The van der Waals surface area contributed by atoms with Crippen LogP contribution in [0.1, 0.15) is 226 Å². The van der Waals surface area contributed by atoms with Crippen LogP contribution in [0.2, 0.25) is 0 Å². The van der Waals surface area contributed by atoms with Crippen LogP contribution in [0.15, 0.2) is 36.5 Å². The molecule has 12 unspecified atom stereocenters. The highest BCUT2D eigenvalue weighted by Crippen LogP contribution is 2.30. The topological polar surface area (TPSA) is 228 Å². The van der Waals surface area contributed by atoms with Crippen molar-refractivity contribution in [3.05, 3.63) is 36.5 Å². The molecule has 0 radical (unpaired) electrons. The predicted octanol–water partition coefficient (Wildman–Crippen LogP) is 9.05. The number of aliphatic hydroxyl groups excluding tert-OH is 8. The molecule has 0 aromatic carbocycles. The summed E-state index contributed by atoms with van der Waals surface area (Å²) in [4.78, 5) is 13.2. The molecule has 0 aromatic heterocycles. The third-order valence-corrected chi connectivity index (χ3v) is 14.1. The third kappa shape index (κ3) is 29.8. The van der Waals surface area contributed by atoms with E-state index in [9.17, 15) is 45.6 Å². The summed E-state index contributed by atoms with van der Waals surface area (Å²) in [5.41, 5.74) is 0. The lowest BCUT2D eigenvalue weighted by Crippen LogP contribution is -2.65. The lowest BCUT2D eigenvalue weighted by atomic mass is 9.97. The first kappa shape index (κ1) is 65.3. The van der Waals surface area contributed by atoms with Crippen LogP contribution in [0.4, 0.5) is 0 Å². The second-order valence-corrected chi connectivity index (χ2v) is 20.4. The second kappa shape index (κ2) is 43.4. The number of rotatable bonds is 45. The smallest absolute Gasteiger partial charge is 0.220 e. The van der Waals surface area contributed by atoms with E-state index in [0.717, 1.165) is 70.6 Å². The normalized spacial score (nSPS) is 26.0. The van der Waals surface area contributed by atoms with Crippen molar-refractivity contribution >= 4 is 5.91 Å². The Labute approximate surface area is 430 Å². The van der Waals surface area contributed by atoms with Gasteiger partial charge in [0.1, 0.15) is 48.8 Å². The van der Waals surface area contributed by atoms with Gasteiger partial charge in [-0.25, -0.2) is 0 Å². The Morgan fingerprint density at radius 3 is 1.42 bits per heavy atom. The minimum atomic E-state index is -1.78. The van der Waals surface area contributed by atoms with Gasteiger partial charge in [0.2, 0.25) is 5.91 Å². The fourth-order valence-electron chi connectivity index (χ4n) is 9.42. The molecule has 2 aliphatic rings. The van der Waals surface area contributed by atoms with Crippen LogP contribution in [-0.4, -0.2) is 140 Å². The van der Waals surface area contributed by atoms with Crippen LogP contribution in [0.5, 0.6) is 0 Å². The van der Waals surface area contributed by atoms with Crippen molar-refractivity contribution in [3.8, 4) is 0 Å². The average molecular weight is 1010 g/mol. The van der Waals surface area contributed by atoms with E-state index in [0.29, 0.717) is 12.8 Å². The van der Waals surface area contributed by atoms with Crippen molar-refractivity contribution in [1.29, 1.82) is 0 Å². The molecule has 1 amide bonds. The fraction of sp³-hybridized carbons (Fsp3) is 0.877. The maximum Gasteiger partial charge on any atom is 0.220 e. The zero-order valence-corrected chi connectivity index (χ0v) is 44.5. The van der Waals surface area contributed by atoms with Gasteiger partial charge in [-0.3, -0.25) is 4.79 Å². The maximum atomic E-state index is 13.2. The molecule has 14 nitrogen and oxygen atoms in total. The number of aliphatic hydroxyl groups is 8. The molecular formula is C57H105NO13. The maximum absolute atomic E-state index is 13.2. The summed E-state index contributed by atoms with van der Waals surface area (Å²) in [6.07, 6.45) is 34.3. The van der Waals surface area contributed by atoms with Crippen molar-refractivity contribution in [3.63, 3.8) is 0 Å². The summed E-state index contributed by atoms with van der Waals surface area (Å²) in [5, 5.41) is 87.0. The number of ether oxygens (including phenoxy) is 4.